The van der Waals surface area contributed by atoms with E-state index in [1.54, 1.807) is 31.0 Å². The Kier molecular flexibility index (Phi) is 4.72. The maximum atomic E-state index is 13.8. The highest BCUT2D eigenvalue weighted by molar-refractivity contribution is 5.85. The second-order valence-corrected chi connectivity index (χ2v) is 8.07. The van der Waals surface area contributed by atoms with Gasteiger partial charge in [0.25, 0.3) is 0 Å². The third-order valence-corrected chi connectivity index (χ3v) is 6.23. The van der Waals surface area contributed by atoms with Crippen LogP contribution in [0.1, 0.15) is 28.8 Å². The highest BCUT2D eigenvalue weighted by Crippen LogP contribution is 2.51. The van der Waals surface area contributed by atoms with Crippen molar-refractivity contribution in [3.05, 3.63) is 101 Å². The number of benzene rings is 3. The van der Waals surface area contributed by atoms with Crippen molar-refractivity contribution in [2.24, 2.45) is 0 Å². The lowest BCUT2D eigenvalue weighted by Gasteiger charge is -2.39. The predicted octanol–water partition coefficient (Wildman–Crippen LogP) is 4.99. The highest BCUT2D eigenvalue weighted by Gasteiger charge is 2.41. The Bertz CT molecular complexity index is 1400. The average molecular weight is 456 g/mol. The molecule has 0 unspecified atom stereocenters. The minimum absolute atomic E-state index is 0.299. The number of rotatable bonds is 4. The summed E-state index contributed by atoms with van der Waals surface area (Å²) in [7, 11) is 3.27. The smallest absolute Gasteiger partial charge is 0.226 e. The number of aromatic nitrogens is 3. The average Bonchev–Trinajstić information content (AvgIpc) is 3.36. The summed E-state index contributed by atoms with van der Waals surface area (Å²) in [5.41, 5.74) is 4.50. The maximum Gasteiger partial charge on any atom is 0.226 e. The van der Waals surface area contributed by atoms with Crippen molar-refractivity contribution < 1.29 is 18.6 Å². The molecule has 0 fully saturated rings. The number of nitrogens with zero attached hydrogens (tertiary/aromatic N) is 3. The first-order valence-corrected chi connectivity index (χ1v) is 10.8. The Hall–Kier alpha value is -4.33. The van der Waals surface area contributed by atoms with Gasteiger partial charge in [-0.15, -0.1) is 0 Å². The molecule has 4 aromatic rings. The largest absolute Gasteiger partial charge is 0.497 e. The number of ether oxygens (including phenoxy) is 3. The topological polar surface area (TPSA) is 70.4 Å². The van der Waals surface area contributed by atoms with Crippen LogP contribution in [0.2, 0.25) is 0 Å². The van der Waals surface area contributed by atoms with E-state index in [0.717, 1.165) is 39.5 Å². The summed E-state index contributed by atoms with van der Waals surface area (Å²) in [5.74, 6) is 2.49. The first-order chi connectivity index (χ1) is 16.7. The molecule has 0 saturated heterocycles. The minimum atomic E-state index is -0.429. The van der Waals surface area contributed by atoms with E-state index in [1.807, 2.05) is 42.5 Å². The summed E-state index contributed by atoms with van der Waals surface area (Å²) in [6.07, 6.45) is 1.08. The quantitative estimate of drug-likeness (QED) is 0.466. The van der Waals surface area contributed by atoms with E-state index in [2.05, 4.69) is 15.4 Å². The van der Waals surface area contributed by atoms with Gasteiger partial charge in [0.05, 0.1) is 19.9 Å². The van der Waals surface area contributed by atoms with Crippen molar-refractivity contribution >= 4 is 11.6 Å². The van der Waals surface area contributed by atoms with Gasteiger partial charge in [-0.05, 0) is 53.6 Å². The Morgan fingerprint density at radius 3 is 2.35 bits per heavy atom. The second-order valence-electron chi connectivity index (χ2n) is 8.07. The lowest BCUT2D eigenvalue weighted by Crippen LogP contribution is -2.32. The molecule has 8 heteroatoms. The molecule has 0 radical (unpaired) electrons. The lowest BCUT2D eigenvalue weighted by molar-refractivity contribution is 0.222. The zero-order valence-electron chi connectivity index (χ0n) is 18.5. The molecule has 1 aromatic heterocycles. The Morgan fingerprint density at radius 2 is 1.62 bits per heavy atom. The first kappa shape index (κ1) is 20.3. The van der Waals surface area contributed by atoms with Gasteiger partial charge in [-0.2, -0.15) is 10.1 Å². The molecule has 0 aliphatic carbocycles. The van der Waals surface area contributed by atoms with Gasteiger partial charge >= 0.3 is 0 Å². The molecule has 0 saturated carbocycles. The van der Waals surface area contributed by atoms with Crippen LogP contribution in [-0.2, 0) is 0 Å². The van der Waals surface area contributed by atoms with E-state index in [0.29, 0.717) is 11.7 Å². The van der Waals surface area contributed by atoms with E-state index in [9.17, 15) is 4.39 Å². The van der Waals surface area contributed by atoms with Gasteiger partial charge in [0, 0.05) is 11.1 Å². The van der Waals surface area contributed by atoms with Crippen LogP contribution >= 0.6 is 0 Å². The fraction of sp³-hybridized carbons (Fsp3) is 0.154. The van der Waals surface area contributed by atoms with Crippen LogP contribution in [0.5, 0.6) is 17.2 Å². The molecular weight excluding hydrogens is 435 g/mol. The normalized spacial score (nSPS) is 18.2. The van der Waals surface area contributed by atoms with Crippen molar-refractivity contribution in [2.75, 3.05) is 19.5 Å². The molecule has 34 heavy (non-hydrogen) atoms. The number of nitrogens with one attached hydrogen (secondary N) is 1. The van der Waals surface area contributed by atoms with Crippen LogP contribution < -0.4 is 19.5 Å². The monoisotopic (exact) mass is 456 g/mol. The molecule has 3 aromatic carbocycles. The molecule has 0 amide bonds. The van der Waals surface area contributed by atoms with Crippen LogP contribution in [0.4, 0.5) is 10.3 Å². The fourth-order valence-electron chi connectivity index (χ4n) is 4.60. The van der Waals surface area contributed by atoms with Gasteiger partial charge < -0.3 is 19.5 Å². The number of hydrogen-bond donors (Lipinski definition) is 1. The second kappa shape index (κ2) is 7.91. The van der Waals surface area contributed by atoms with Crippen molar-refractivity contribution in [1.29, 1.82) is 0 Å². The molecule has 2 aliphatic rings. The van der Waals surface area contributed by atoms with E-state index in [4.69, 9.17) is 14.2 Å². The van der Waals surface area contributed by atoms with Gasteiger partial charge in [-0.25, -0.2) is 9.07 Å². The fourth-order valence-corrected chi connectivity index (χ4v) is 4.60. The van der Waals surface area contributed by atoms with Crippen molar-refractivity contribution in [2.45, 2.75) is 12.1 Å². The van der Waals surface area contributed by atoms with Crippen LogP contribution in [-0.4, -0.2) is 29.0 Å². The van der Waals surface area contributed by atoms with Crippen LogP contribution in [0.3, 0.4) is 0 Å². The standard InChI is InChI=1S/C26H21FN4O3/c1-32-18-9-5-16(6-10-18)25-22-23(20-13-19(33-2)11-12-21(20)34-25)30-26-28-14-29-31(26)24(22)15-3-7-17(27)8-4-15/h3-14,24-25H,1-2H3,(H,28,29,30)/t24-,25+/m0/s1. The zero-order valence-corrected chi connectivity index (χ0v) is 18.5. The Morgan fingerprint density at radius 1 is 0.912 bits per heavy atom. The van der Waals surface area contributed by atoms with Crippen molar-refractivity contribution in [1.82, 2.24) is 14.8 Å². The Balaban J connectivity index is 1.60. The third-order valence-electron chi connectivity index (χ3n) is 6.23. The molecule has 3 heterocycles. The van der Waals surface area contributed by atoms with Crippen molar-refractivity contribution in [3.63, 3.8) is 0 Å². The van der Waals surface area contributed by atoms with Crippen LogP contribution in [0.25, 0.3) is 5.70 Å². The molecule has 1 N–H and O–H groups in total. The minimum Gasteiger partial charge on any atom is -0.497 e. The number of methoxy groups -OCH3 is 2. The van der Waals surface area contributed by atoms with Crippen LogP contribution in [0.15, 0.2) is 78.6 Å². The SMILES string of the molecule is COc1ccc([C@H]2Oc3ccc(OC)cc3C3=C2[C@H](c2ccc(F)cc2)n2ncnc2N3)cc1. The summed E-state index contributed by atoms with van der Waals surface area (Å²) >= 11 is 0. The maximum absolute atomic E-state index is 13.8. The predicted molar refractivity (Wildman–Crippen MR) is 124 cm³/mol. The summed E-state index contributed by atoms with van der Waals surface area (Å²) in [6, 6.07) is 19.6. The Labute approximate surface area is 195 Å². The molecule has 2 atom stereocenters. The zero-order chi connectivity index (χ0) is 23.2. The van der Waals surface area contributed by atoms with E-state index in [1.165, 1.54) is 18.5 Å². The molecule has 0 bridgehead atoms. The van der Waals surface area contributed by atoms with E-state index < -0.39 is 6.10 Å². The van der Waals surface area contributed by atoms with Crippen LogP contribution in [0, 0.1) is 5.82 Å². The lowest BCUT2D eigenvalue weighted by atomic mass is 9.84. The number of hydrogen-bond acceptors (Lipinski definition) is 6. The van der Waals surface area contributed by atoms with Gasteiger partial charge in [-0.1, -0.05) is 24.3 Å². The van der Waals surface area contributed by atoms with Crippen molar-refractivity contribution in [3.8, 4) is 17.2 Å². The number of halogens is 1. The third kappa shape index (κ3) is 3.18. The highest BCUT2D eigenvalue weighted by atomic mass is 19.1. The van der Waals surface area contributed by atoms with Gasteiger partial charge in [0.15, 0.2) is 0 Å². The number of anilines is 1. The summed E-state index contributed by atoms with van der Waals surface area (Å²) < 4.78 is 33.0. The van der Waals surface area contributed by atoms with E-state index >= 15 is 0 Å². The molecule has 7 nitrogen and oxygen atoms in total. The molecule has 0 spiro atoms. The summed E-state index contributed by atoms with van der Waals surface area (Å²) in [5, 5.41) is 7.94. The van der Waals surface area contributed by atoms with E-state index in [-0.39, 0.29) is 11.9 Å². The molecule has 170 valence electrons. The summed E-state index contributed by atoms with van der Waals surface area (Å²) in [6.45, 7) is 0. The first-order valence-electron chi connectivity index (χ1n) is 10.8. The molecule has 6 rings (SSSR count). The molecular formula is C26H21FN4O3. The van der Waals surface area contributed by atoms with Gasteiger partial charge in [-0.3, -0.25) is 0 Å². The molecule has 2 aliphatic heterocycles. The van der Waals surface area contributed by atoms with Gasteiger partial charge in [0.2, 0.25) is 5.95 Å². The number of fused-ring (bicyclic) bond motifs is 3. The summed E-state index contributed by atoms with van der Waals surface area (Å²) in [4.78, 5) is 4.42. The van der Waals surface area contributed by atoms with Gasteiger partial charge in [0.1, 0.15) is 41.5 Å².